The number of rotatable bonds is 4. The van der Waals surface area contributed by atoms with Crippen LogP contribution < -0.4 is 0 Å². The zero-order chi connectivity index (χ0) is 13.0. The quantitative estimate of drug-likeness (QED) is 0.881. The van der Waals surface area contributed by atoms with Gasteiger partial charge in [-0.15, -0.1) is 0 Å². The van der Waals surface area contributed by atoms with E-state index in [1.807, 2.05) is 12.1 Å². The summed E-state index contributed by atoms with van der Waals surface area (Å²) in [5.41, 5.74) is 1.92. The van der Waals surface area contributed by atoms with Gasteiger partial charge < -0.3 is 9.84 Å². The van der Waals surface area contributed by atoms with Crippen molar-refractivity contribution in [2.45, 2.75) is 57.2 Å². The first-order valence-electron chi connectivity index (χ1n) is 7.04. The van der Waals surface area contributed by atoms with Crippen LogP contribution in [0.15, 0.2) is 24.3 Å². The Morgan fingerprint density at radius 3 is 2.28 bits per heavy atom. The fourth-order valence-electron chi connectivity index (χ4n) is 2.98. The molecule has 1 aliphatic rings. The zero-order valence-corrected chi connectivity index (χ0v) is 11.5. The first-order chi connectivity index (χ1) is 8.72. The minimum absolute atomic E-state index is 0.369. The molecule has 0 saturated heterocycles. The van der Waals surface area contributed by atoms with Gasteiger partial charge in [-0.1, -0.05) is 50.5 Å². The van der Waals surface area contributed by atoms with Crippen molar-refractivity contribution < 1.29 is 9.84 Å². The summed E-state index contributed by atoms with van der Waals surface area (Å²) < 4.78 is 5.70. The molecular formula is C16H24O2. The average molecular weight is 248 g/mol. The van der Waals surface area contributed by atoms with E-state index in [1.54, 1.807) is 7.11 Å². The van der Waals surface area contributed by atoms with Crippen LogP contribution in [-0.4, -0.2) is 17.8 Å². The summed E-state index contributed by atoms with van der Waals surface area (Å²) in [4.78, 5) is 0. The lowest BCUT2D eigenvalue weighted by atomic mass is 9.78. The molecule has 1 fully saturated rings. The van der Waals surface area contributed by atoms with E-state index in [4.69, 9.17) is 4.74 Å². The summed E-state index contributed by atoms with van der Waals surface area (Å²) in [5, 5.41) is 10.6. The van der Waals surface area contributed by atoms with E-state index in [-0.39, 0.29) is 5.60 Å². The van der Waals surface area contributed by atoms with Gasteiger partial charge in [0, 0.05) is 7.11 Å². The molecule has 1 saturated carbocycles. The molecule has 0 aliphatic heterocycles. The van der Waals surface area contributed by atoms with Crippen molar-refractivity contribution in [3.63, 3.8) is 0 Å². The number of aliphatic hydroxyl groups is 1. The molecule has 0 spiro atoms. The fourth-order valence-corrected chi connectivity index (χ4v) is 2.98. The third kappa shape index (κ3) is 2.60. The molecule has 18 heavy (non-hydrogen) atoms. The zero-order valence-electron chi connectivity index (χ0n) is 11.5. The number of ether oxygens (including phenoxy) is 1. The van der Waals surface area contributed by atoms with Crippen molar-refractivity contribution in [2.75, 3.05) is 7.11 Å². The van der Waals surface area contributed by atoms with Gasteiger partial charge in [-0.2, -0.15) is 0 Å². The molecular weight excluding hydrogens is 224 g/mol. The van der Waals surface area contributed by atoms with Gasteiger partial charge in [0.2, 0.25) is 0 Å². The Balaban J connectivity index is 2.19. The second-order valence-corrected chi connectivity index (χ2v) is 5.33. The van der Waals surface area contributed by atoms with Crippen LogP contribution in [0.1, 0.15) is 56.3 Å². The Labute approximate surface area is 110 Å². The van der Waals surface area contributed by atoms with Crippen molar-refractivity contribution in [3.05, 3.63) is 35.4 Å². The predicted octanol–water partition coefficient (Wildman–Crippen LogP) is 3.63. The van der Waals surface area contributed by atoms with Crippen LogP contribution >= 0.6 is 0 Å². The molecule has 100 valence electrons. The molecule has 1 aromatic rings. The van der Waals surface area contributed by atoms with Crippen molar-refractivity contribution >= 4 is 0 Å². The van der Waals surface area contributed by atoms with Crippen LogP contribution in [0.3, 0.4) is 0 Å². The third-order valence-corrected chi connectivity index (χ3v) is 4.31. The lowest BCUT2D eigenvalue weighted by molar-refractivity contribution is -0.125. The summed E-state index contributed by atoms with van der Waals surface area (Å²) in [6.07, 6.45) is 6.00. The minimum Gasteiger partial charge on any atom is -0.385 e. The summed E-state index contributed by atoms with van der Waals surface area (Å²) in [6, 6.07) is 8.28. The number of aryl methyl sites for hydroxylation is 1. The van der Waals surface area contributed by atoms with Crippen LogP contribution in [0.5, 0.6) is 0 Å². The SMILES string of the molecule is CCc1ccc(C(O)C2(OC)CCCCC2)cc1. The van der Waals surface area contributed by atoms with Crippen molar-refractivity contribution in [1.29, 1.82) is 0 Å². The standard InChI is InChI=1S/C16H24O2/c1-3-13-7-9-14(10-8-13)15(17)16(18-2)11-5-4-6-12-16/h7-10,15,17H,3-6,11-12H2,1-2H3. The normalized spacial score (nSPS) is 20.6. The predicted molar refractivity (Wildman–Crippen MR) is 73.6 cm³/mol. The fraction of sp³-hybridized carbons (Fsp3) is 0.625. The number of hydrogen-bond donors (Lipinski definition) is 1. The van der Waals surface area contributed by atoms with E-state index in [9.17, 15) is 5.11 Å². The largest absolute Gasteiger partial charge is 0.385 e. The lowest BCUT2D eigenvalue weighted by Crippen LogP contribution is -2.40. The topological polar surface area (TPSA) is 29.5 Å². The van der Waals surface area contributed by atoms with E-state index >= 15 is 0 Å². The Kier molecular flexibility index (Phi) is 4.41. The second-order valence-electron chi connectivity index (χ2n) is 5.33. The van der Waals surface area contributed by atoms with Gasteiger partial charge in [-0.25, -0.2) is 0 Å². The van der Waals surface area contributed by atoms with Crippen molar-refractivity contribution in [2.24, 2.45) is 0 Å². The maximum absolute atomic E-state index is 10.6. The Hall–Kier alpha value is -0.860. The smallest absolute Gasteiger partial charge is 0.108 e. The molecule has 1 atom stereocenters. The van der Waals surface area contributed by atoms with Crippen LogP contribution in [-0.2, 0) is 11.2 Å². The van der Waals surface area contributed by atoms with Crippen molar-refractivity contribution in [1.82, 2.24) is 0 Å². The molecule has 1 aliphatic carbocycles. The molecule has 0 bridgehead atoms. The van der Waals surface area contributed by atoms with E-state index in [1.165, 1.54) is 12.0 Å². The molecule has 0 amide bonds. The number of aliphatic hydroxyl groups excluding tert-OH is 1. The van der Waals surface area contributed by atoms with Gasteiger partial charge in [0.1, 0.15) is 6.10 Å². The summed E-state index contributed by atoms with van der Waals surface area (Å²) in [5.74, 6) is 0. The molecule has 2 nitrogen and oxygen atoms in total. The lowest BCUT2D eigenvalue weighted by Gasteiger charge is -2.40. The first kappa shape index (κ1) is 13.6. The summed E-state index contributed by atoms with van der Waals surface area (Å²) in [6.45, 7) is 2.14. The average Bonchev–Trinajstić information content (AvgIpc) is 2.47. The van der Waals surface area contributed by atoms with Crippen LogP contribution in [0, 0.1) is 0 Å². The highest BCUT2D eigenvalue weighted by molar-refractivity contribution is 5.26. The molecule has 1 N–H and O–H groups in total. The highest BCUT2D eigenvalue weighted by atomic mass is 16.5. The first-order valence-corrected chi connectivity index (χ1v) is 7.04. The highest BCUT2D eigenvalue weighted by Gasteiger charge is 2.39. The summed E-state index contributed by atoms with van der Waals surface area (Å²) in [7, 11) is 1.73. The number of methoxy groups -OCH3 is 1. The minimum atomic E-state index is -0.506. The highest BCUT2D eigenvalue weighted by Crippen LogP contribution is 2.41. The summed E-state index contributed by atoms with van der Waals surface area (Å²) >= 11 is 0. The van der Waals surface area contributed by atoms with E-state index in [2.05, 4.69) is 19.1 Å². The molecule has 0 heterocycles. The van der Waals surface area contributed by atoms with Crippen LogP contribution in [0.2, 0.25) is 0 Å². The second kappa shape index (κ2) is 5.85. The molecule has 0 radical (unpaired) electrons. The van der Waals surface area contributed by atoms with Gasteiger partial charge in [0.15, 0.2) is 0 Å². The monoisotopic (exact) mass is 248 g/mol. The van der Waals surface area contributed by atoms with Crippen molar-refractivity contribution in [3.8, 4) is 0 Å². The third-order valence-electron chi connectivity index (χ3n) is 4.31. The van der Waals surface area contributed by atoms with E-state index in [0.717, 1.165) is 37.7 Å². The maximum Gasteiger partial charge on any atom is 0.108 e. The Bertz CT molecular complexity index is 363. The van der Waals surface area contributed by atoms with Crippen LogP contribution in [0.25, 0.3) is 0 Å². The van der Waals surface area contributed by atoms with Gasteiger partial charge >= 0.3 is 0 Å². The number of hydrogen-bond acceptors (Lipinski definition) is 2. The van der Waals surface area contributed by atoms with Gasteiger partial charge in [-0.3, -0.25) is 0 Å². The Morgan fingerprint density at radius 2 is 1.78 bits per heavy atom. The molecule has 1 aromatic carbocycles. The molecule has 2 rings (SSSR count). The molecule has 0 aromatic heterocycles. The Morgan fingerprint density at radius 1 is 1.17 bits per heavy atom. The molecule has 1 unspecified atom stereocenters. The van der Waals surface area contributed by atoms with Crippen LogP contribution in [0.4, 0.5) is 0 Å². The maximum atomic E-state index is 10.6. The van der Waals surface area contributed by atoms with Gasteiger partial charge in [0.25, 0.3) is 0 Å². The van der Waals surface area contributed by atoms with E-state index in [0.29, 0.717) is 0 Å². The van der Waals surface area contributed by atoms with Gasteiger partial charge in [-0.05, 0) is 30.4 Å². The number of benzene rings is 1. The molecule has 2 heteroatoms. The van der Waals surface area contributed by atoms with Gasteiger partial charge in [0.05, 0.1) is 5.60 Å². The van der Waals surface area contributed by atoms with E-state index < -0.39 is 6.10 Å².